The van der Waals surface area contributed by atoms with Gasteiger partial charge in [0.05, 0.1) is 18.3 Å². The fourth-order valence-corrected chi connectivity index (χ4v) is 2.80. The fourth-order valence-electron chi connectivity index (χ4n) is 2.80. The molecule has 2 heterocycles. The molecule has 1 aliphatic rings. The smallest absolute Gasteiger partial charge is 0.0771 e. The predicted octanol–water partition coefficient (Wildman–Crippen LogP) is 2.04. The van der Waals surface area contributed by atoms with Gasteiger partial charge in [0.1, 0.15) is 0 Å². The Morgan fingerprint density at radius 2 is 2.17 bits per heavy atom. The van der Waals surface area contributed by atoms with Crippen LogP contribution in [0.25, 0.3) is 0 Å². The number of hydrogen-bond acceptors (Lipinski definition) is 3. The van der Waals surface area contributed by atoms with Crippen LogP contribution in [0.4, 0.5) is 0 Å². The minimum atomic E-state index is 0.333. The molecule has 1 aromatic rings. The number of ether oxygens (including phenoxy) is 1. The van der Waals surface area contributed by atoms with Crippen LogP contribution >= 0.6 is 0 Å². The number of aryl methyl sites for hydroxylation is 1. The molecule has 4 nitrogen and oxygen atoms in total. The summed E-state index contributed by atoms with van der Waals surface area (Å²) in [7, 11) is 0. The summed E-state index contributed by atoms with van der Waals surface area (Å²) in [5, 5.41) is 4.72. The van der Waals surface area contributed by atoms with E-state index in [1.807, 2.05) is 0 Å². The summed E-state index contributed by atoms with van der Waals surface area (Å²) in [5.74, 6) is 0. The Morgan fingerprint density at radius 3 is 2.72 bits per heavy atom. The molecule has 2 N–H and O–H groups in total. The van der Waals surface area contributed by atoms with Crippen molar-refractivity contribution in [2.45, 2.75) is 65.1 Å². The van der Waals surface area contributed by atoms with Crippen molar-refractivity contribution >= 4 is 0 Å². The van der Waals surface area contributed by atoms with Gasteiger partial charge in [0.15, 0.2) is 0 Å². The van der Waals surface area contributed by atoms with Crippen LogP contribution in [0.5, 0.6) is 0 Å². The summed E-state index contributed by atoms with van der Waals surface area (Å²) >= 11 is 0. The fraction of sp³-hybridized carbons (Fsp3) is 0.786. The molecule has 1 unspecified atom stereocenters. The van der Waals surface area contributed by atoms with Gasteiger partial charge in [-0.3, -0.25) is 4.68 Å². The zero-order chi connectivity index (χ0) is 13.0. The van der Waals surface area contributed by atoms with Gasteiger partial charge in [-0.1, -0.05) is 13.8 Å². The zero-order valence-electron chi connectivity index (χ0n) is 11.6. The maximum absolute atomic E-state index is 5.86. The SMILES string of the molecule is CCc1nn(CC2CCCCO2)c(CC)c1CN. The monoisotopic (exact) mass is 251 g/mol. The van der Waals surface area contributed by atoms with E-state index in [0.29, 0.717) is 12.6 Å². The van der Waals surface area contributed by atoms with Crippen LogP contribution in [0.1, 0.15) is 50.1 Å². The van der Waals surface area contributed by atoms with Crippen molar-refractivity contribution in [2.24, 2.45) is 5.73 Å². The number of rotatable bonds is 5. The summed E-state index contributed by atoms with van der Waals surface area (Å²) in [6.07, 6.45) is 5.91. The van der Waals surface area contributed by atoms with E-state index >= 15 is 0 Å². The van der Waals surface area contributed by atoms with Crippen molar-refractivity contribution < 1.29 is 4.74 Å². The topological polar surface area (TPSA) is 53.1 Å². The second-order valence-corrected chi connectivity index (χ2v) is 4.95. The quantitative estimate of drug-likeness (QED) is 0.871. The summed E-state index contributed by atoms with van der Waals surface area (Å²) in [6, 6.07) is 0. The molecule has 0 bridgehead atoms. The second kappa shape index (κ2) is 6.34. The highest BCUT2D eigenvalue weighted by Gasteiger charge is 2.19. The first-order valence-corrected chi connectivity index (χ1v) is 7.19. The van der Waals surface area contributed by atoms with Gasteiger partial charge in [0.2, 0.25) is 0 Å². The van der Waals surface area contributed by atoms with E-state index < -0.39 is 0 Å². The summed E-state index contributed by atoms with van der Waals surface area (Å²) in [4.78, 5) is 0. The molecule has 0 saturated carbocycles. The lowest BCUT2D eigenvalue weighted by atomic mass is 10.1. The molecule has 0 aliphatic carbocycles. The molecule has 1 aromatic heterocycles. The molecule has 4 heteroatoms. The lowest BCUT2D eigenvalue weighted by Crippen LogP contribution is -2.26. The van der Waals surface area contributed by atoms with Crippen molar-refractivity contribution in [2.75, 3.05) is 6.61 Å². The van der Waals surface area contributed by atoms with Gasteiger partial charge in [0, 0.05) is 24.4 Å². The Labute approximate surface area is 110 Å². The van der Waals surface area contributed by atoms with Crippen LogP contribution in [0, 0.1) is 0 Å². The molecule has 1 fully saturated rings. The Balaban J connectivity index is 2.17. The van der Waals surface area contributed by atoms with Gasteiger partial charge in [-0.2, -0.15) is 5.10 Å². The highest BCUT2D eigenvalue weighted by molar-refractivity contribution is 5.26. The predicted molar refractivity (Wildman–Crippen MR) is 72.5 cm³/mol. The largest absolute Gasteiger partial charge is 0.376 e. The van der Waals surface area contributed by atoms with E-state index in [9.17, 15) is 0 Å². The molecule has 0 amide bonds. The highest BCUT2D eigenvalue weighted by Crippen LogP contribution is 2.19. The third-order valence-corrected chi connectivity index (χ3v) is 3.77. The lowest BCUT2D eigenvalue weighted by molar-refractivity contribution is 0.00348. The van der Waals surface area contributed by atoms with Crippen molar-refractivity contribution in [1.82, 2.24) is 9.78 Å². The average molecular weight is 251 g/mol. The third-order valence-electron chi connectivity index (χ3n) is 3.77. The highest BCUT2D eigenvalue weighted by atomic mass is 16.5. The maximum atomic E-state index is 5.86. The van der Waals surface area contributed by atoms with E-state index in [0.717, 1.165) is 38.1 Å². The molecule has 1 saturated heterocycles. The van der Waals surface area contributed by atoms with Crippen LogP contribution in [0.2, 0.25) is 0 Å². The molecule has 2 rings (SSSR count). The Bertz CT molecular complexity index is 381. The number of hydrogen-bond donors (Lipinski definition) is 1. The first kappa shape index (κ1) is 13.6. The van der Waals surface area contributed by atoms with Crippen LogP contribution < -0.4 is 5.73 Å². The van der Waals surface area contributed by atoms with Crippen molar-refractivity contribution in [3.05, 3.63) is 17.0 Å². The first-order valence-electron chi connectivity index (χ1n) is 7.19. The Morgan fingerprint density at radius 1 is 1.33 bits per heavy atom. The number of nitrogens with zero attached hydrogens (tertiary/aromatic N) is 2. The van der Waals surface area contributed by atoms with Crippen molar-refractivity contribution in [1.29, 1.82) is 0 Å². The standard InChI is InChI=1S/C14H25N3O/c1-3-13-12(9-15)14(4-2)17(16-13)10-11-7-5-6-8-18-11/h11H,3-10,15H2,1-2H3. The van der Waals surface area contributed by atoms with Crippen molar-refractivity contribution in [3.63, 3.8) is 0 Å². The minimum absolute atomic E-state index is 0.333. The number of nitrogens with two attached hydrogens (primary N) is 1. The van der Waals surface area contributed by atoms with Crippen LogP contribution in [0.3, 0.4) is 0 Å². The van der Waals surface area contributed by atoms with E-state index in [1.54, 1.807) is 0 Å². The molecule has 0 aromatic carbocycles. The molecular formula is C14H25N3O. The normalized spacial score (nSPS) is 20.3. The molecule has 102 valence electrons. The van der Waals surface area contributed by atoms with Crippen LogP contribution in [-0.2, 0) is 30.7 Å². The van der Waals surface area contributed by atoms with Gasteiger partial charge in [-0.15, -0.1) is 0 Å². The van der Waals surface area contributed by atoms with Crippen molar-refractivity contribution in [3.8, 4) is 0 Å². The van der Waals surface area contributed by atoms with Crippen LogP contribution in [-0.4, -0.2) is 22.5 Å². The molecular weight excluding hydrogens is 226 g/mol. The summed E-state index contributed by atoms with van der Waals surface area (Å²) < 4.78 is 7.94. The van der Waals surface area contributed by atoms with Gasteiger partial charge < -0.3 is 10.5 Å². The minimum Gasteiger partial charge on any atom is -0.376 e. The van der Waals surface area contributed by atoms with E-state index in [4.69, 9.17) is 15.6 Å². The first-order chi connectivity index (χ1) is 8.80. The third kappa shape index (κ3) is 2.75. The number of aromatic nitrogens is 2. The van der Waals surface area contributed by atoms with Crippen LogP contribution in [0.15, 0.2) is 0 Å². The summed E-state index contributed by atoms with van der Waals surface area (Å²) in [6.45, 7) is 6.70. The molecule has 1 aliphatic heterocycles. The Kier molecular flexibility index (Phi) is 4.78. The second-order valence-electron chi connectivity index (χ2n) is 4.95. The summed E-state index contributed by atoms with van der Waals surface area (Å²) in [5.41, 5.74) is 9.56. The molecule has 18 heavy (non-hydrogen) atoms. The molecule has 0 spiro atoms. The Hall–Kier alpha value is -0.870. The van der Waals surface area contributed by atoms with Gasteiger partial charge >= 0.3 is 0 Å². The van der Waals surface area contributed by atoms with E-state index in [-0.39, 0.29) is 0 Å². The lowest BCUT2D eigenvalue weighted by Gasteiger charge is -2.23. The average Bonchev–Trinajstić information content (AvgIpc) is 2.76. The van der Waals surface area contributed by atoms with Gasteiger partial charge in [-0.25, -0.2) is 0 Å². The molecule has 0 radical (unpaired) electrons. The zero-order valence-corrected chi connectivity index (χ0v) is 11.6. The van der Waals surface area contributed by atoms with Gasteiger partial charge in [-0.05, 0) is 32.1 Å². The maximum Gasteiger partial charge on any atom is 0.0771 e. The van der Waals surface area contributed by atoms with E-state index in [1.165, 1.54) is 24.1 Å². The van der Waals surface area contributed by atoms with E-state index in [2.05, 4.69) is 18.5 Å². The van der Waals surface area contributed by atoms with Gasteiger partial charge in [0.25, 0.3) is 0 Å². The molecule has 1 atom stereocenters.